The van der Waals surface area contributed by atoms with Crippen molar-refractivity contribution in [2.75, 3.05) is 13.7 Å². The van der Waals surface area contributed by atoms with Crippen LogP contribution in [0.15, 0.2) is 23.0 Å². The Morgan fingerprint density at radius 3 is 2.76 bits per heavy atom. The quantitative estimate of drug-likeness (QED) is 0.413. The number of nitrogens with one attached hydrogen (secondary N) is 1. The molecule has 3 aromatic rings. The number of pyridine rings is 1. The van der Waals surface area contributed by atoms with Crippen molar-refractivity contribution in [3.8, 4) is 11.3 Å². The van der Waals surface area contributed by atoms with Crippen LogP contribution in [0.5, 0.6) is 0 Å². The van der Waals surface area contributed by atoms with E-state index in [1.165, 1.54) is 13.2 Å². The van der Waals surface area contributed by atoms with Gasteiger partial charge in [-0.2, -0.15) is 0 Å². The number of carbonyl (C=O) groups excluding carboxylic acids is 2. The summed E-state index contributed by atoms with van der Waals surface area (Å²) in [6.45, 7) is 3.06. The Morgan fingerprint density at radius 2 is 2.05 bits per heavy atom. The summed E-state index contributed by atoms with van der Waals surface area (Å²) in [7, 11) is 1.43. The molecule has 6 rings (SSSR count). The molecule has 0 fully saturated rings. The zero-order chi connectivity index (χ0) is 26.2. The molecule has 0 unspecified atom stereocenters. The highest BCUT2D eigenvalue weighted by molar-refractivity contribution is 5.98. The Bertz CT molecular complexity index is 1590. The minimum Gasteiger partial charge on any atom is -0.458 e. The molecular weight excluding hydrogens is 479 g/mol. The van der Waals surface area contributed by atoms with Gasteiger partial charge in [0.05, 0.1) is 23.8 Å². The van der Waals surface area contributed by atoms with E-state index in [0.717, 1.165) is 27.6 Å². The minimum absolute atomic E-state index is 0.132. The smallest absolute Gasteiger partial charge is 0.343 e. The van der Waals surface area contributed by atoms with Gasteiger partial charge in [-0.3, -0.25) is 9.59 Å². The number of nitrogens with zero attached hydrogens (tertiary/aromatic N) is 1. The molecule has 37 heavy (non-hydrogen) atoms. The second-order valence-electron chi connectivity index (χ2n) is 9.97. The number of esters is 1. The number of aliphatic hydroxyl groups is 1. The number of hydrogen-bond acceptors (Lipinski definition) is 6. The third-order valence-corrected chi connectivity index (χ3v) is 8.36. The van der Waals surface area contributed by atoms with Gasteiger partial charge in [0.25, 0.3) is 5.56 Å². The van der Waals surface area contributed by atoms with Crippen LogP contribution in [-0.2, 0) is 44.2 Å². The normalized spacial score (nSPS) is 21.3. The van der Waals surface area contributed by atoms with E-state index < -0.39 is 30.1 Å². The standard InChI is InChI=1S/C28H27FN2O6/c1-4-28(36-3)19-9-22-16-7-14-8-20(29)13(2)15-5-6-21(30-23(33)11-32)25(24(14)15)17(16)10-31(22)26(34)18(19)12-37-27(28)35/h7-9,21,32H,4-6,10-12H2,1-3H3,(H,30,33)/t21-,28-/m0/s1. The van der Waals surface area contributed by atoms with Crippen molar-refractivity contribution in [3.05, 3.63) is 67.8 Å². The van der Waals surface area contributed by atoms with Crippen LogP contribution in [0, 0.1) is 12.7 Å². The number of aliphatic hydroxyl groups excluding tert-OH is 1. The summed E-state index contributed by atoms with van der Waals surface area (Å²) in [5, 5.41) is 13.9. The third kappa shape index (κ3) is 3.10. The molecule has 2 N–H and O–H groups in total. The minimum atomic E-state index is -1.38. The number of hydrogen-bond donors (Lipinski definition) is 2. The van der Waals surface area contributed by atoms with E-state index in [9.17, 15) is 23.9 Å². The largest absolute Gasteiger partial charge is 0.458 e. The second-order valence-corrected chi connectivity index (χ2v) is 9.97. The number of ether oxygens (including phenoxy) is 2. The number of cyclic esters (lactones) is 1. The fourth-order valence-electron chi connectivity index (χ4n) is 6.47. The molecule has 9 heteroatoms. The molecule has 0 saturated heterocycles. The first-order valence-electron chi connectivity index (χ1n) is 12.4. The van der Waals surface area contributed by atoms with Crippen molar-refractivity contribution < 1.29 is 28.6 Å². The lowest BCUT2D eigenvalue weighted by Crippen LogP contribution is -2.45. The summed E-state index contributed by atoms with van der Waals surface area (Å²) in [6, 6.07) is 4.82. The number of amides is 1. The summed E-state index contributed by atoms with van der Waals surface area (Å²) in [6.07, 6.45) is 1.41. The summed E-state index contributed by atoms with van der Waals surface area (Å²) in [5.74, 6) is -1.33. The molecule has 8 nitrogen and oxygen atoms in total. The molecule has 3 aliphatic rings. The van der Waals surface area contributed by atoms with Crippen molar-refractivity contribution in [2.45, 2.75) is 57.9 Å². The molecular formula is C28H27FN2O6. The lowest BCUT2D eigenvalue weighted by Gasteiger charge is -2.35. The third-order valence-electron chi connectivity index (χ3n) is 8.36. The predicted octanol–water partition coefficient (Wildman–Crippen LogP) is 2.88. The highest BCUT2D eigenvalue weighted by Crippen LogP contribution is 2.47. The van der Waals surface area contributed by atoms with Gasteiger partial charge in [-0.05, 0) is 77.4 Å². The molecule has 2 atom stereocenters. The van der Waals surface area contributed by atoms with Crippen LogP contribution < -0.4 is 10.9 Å². The summed E-state index contributed by atoms with van der Waals surface area (Å²) in [4.78, 5) is 38.8. The van der Waals surface area contributed by atoms with Crippen molar-refractivity contribution >= 4 is 22.6 Å². The first-order valence-corrected chi connectivity index (χ1v) is 12.4. The molecule has 1 amide bonds. The van der Waals surface area contributed by atoms with Crippen molar-refractivity contribution in [3.63, 3.8) is 0 Å². The molecule has 2 aliphatic heterocycles. The highest BCUT2D eigenvalue weighted by atomic mass is 19.1. The molecule has 2 aromatic carbocycles. The van der Waals surface area contributed by atoms with E-state index >= 15 is 0 Å². The first kappa shape index (κ1) is 23.8. The molecule has 3 heterocycles. The van der Waals surface area contributed by atoms with Crippen LogP contribution in [0.2, 0.25) is 0 Å². The number of methoxy groups -OCH3 is 1. The fraction of sp³-hybridized carbons (Fsp3) is 0.393. The number of aryl methyl sites for hydroxylation is 1. The van der Waals surface area contributed by atoms with Crippen molar-refractivity contribution in [1.29, 1.82) is 0 Å². The summed E-state index contributed by atoms with van der Waals surface area (Å²) >= 11 is 0. The number of rotatable bonds is 4. The van der Waals surface area contributed by atoms with E-state index in [1.807, 2.05) is 12.1 Å². The Morgan fingerprint density at radius 1 is 1.27 bits per heavy atom. The number of fused-ring (bicyclic) bond motifs is 5. The van der Waals surface area contributed by atoms with E-state index in [0.29, 0.717) is 40.6 Å². The van der Waals surface area contributed by atoms with Gasteiger partial charge in [-0.1, -0.05) is 6.92 Å². The zero-order valence-electron chi connectivity index (χ0n) is 20.9. The summed E-state index contributed by atoms with van der Waals surface area (Å²) in [5.41, 5.74) is 3.78. The first-order chi connectivity index (χ1) is 17.7. The lowest BCUT2D eigenvalue weighted by atomic mass is 9.79. The maximum absolute atomic E-state index is 15.0. The average Bonchev–Trinajstić information content (AvgIpc) is 3.26. The van der Waals surface area contributed by atoms with Crippen molar-refractivity contribution in [1.82, 2.24) is 9.88 Å². The van der Waals surface area contributed by atoms with E-state index in [4.69, 9.17) is 9.47 Å². The molecule has 1 aromatic heterocycles. The number of benzene rings is 2. The molecule has 1 aliphatic carbocycles. The molecule has 192 valence electrons. The van der Waals surface area contributed by atoms with Gasteiger partial charge in [-0.15, -0.1) is 0 Å². The second kappa shape index (κ2) is 8.22. The monoisotopic (exact) mass is 506 g/mol. The molecule has 0 radical (unpaired) electrons. The van der Waals surface area contributed by atoms with Gasteiger partial charge in [-0.25, -0.2) is 9.18 Å². The van der Waals surface area contributed by atoms with Gasteiger partial charge in [0.2, 0.25) is 5.91 Å². The molecule has 0 spiro atoms. The fourth-order valence-corrected chi connectivity index (χ4v) is 6.47. The molecule has 0 saturated carbocycles. The van der Waals surface area contributed by atoms with Crippen LogP contribution in [0.1, 0.15) is 59.2 Å². The van der Waals surface area contributed by atoms with Crippen LogP contribution in [0.25, 0.3) is 22.0 Å². The Kier molecular flexibility index (Phi) is 5.29. The number of aromatic nitrogens is 1. The van der Waals surface area contributed by atoms with Gasteiger partial charge in [0.1, 0.15) is 19.0 Å². The van der Waals surface area contributed by atoms with Crippen molar-refractivity contribution in [2.24, 2.45) is 0 Å². The van der Waals surface area contributed by atoms with Crippen LogP contribution in [0.3, 0.4) is 0 Å². The zero-order valence-corrected chi connectivity index (χ0v) is 20.9. The Balaban J connectivity index is 1.66. The topological polar surface area (TPSA) is 107 Å². The Hall–Kier alpha value is -3.56. The van der Waals surface area contributed by atoms with E-state index in [2.05, 4.69) is 5.32 Å². The molecule has 0 bridgehead atoms. The van der Waals surface area contributed by atoms with Crippen LogP contribution >= 0.6 is 0 Å². The van der Waals surface area contributed by atoms with Crippen LogP contribution in [-0.4, -0.2) is 35.3 Å². The van der Waals surface area contributed by atoms with E-state index in [-0.39, 0.29) is 30.9 Å². The van der Waals surface area contributed by atoms with Gasteiger partial charge < -0.3 is 24.5 Å². The van der Waals surface area contributed by atoms with E-state index in [1.54, 1.807) is 18.4 Å². The highest BCUT2D eigenvalue weighted by Gasteiger charge is 2.47. The maximum Gasteiger partial charge on any atom is 0.343 e. The van der Waals surface area contributed by atoms with Gasteiger partial charge >= 0.3 is 5.97 Å². The maximum atomic E-state index is 15.0. The number of carbonyl (C=O) groups is 2. The van der Waals surface area contributed by atoms with Crippen LogP contribution in [0.4, 0.5) is 4.39 Å². The van der Waals surface area contributed by atoms with Gasteiger partial charge in [0, 0.05) is 18.2 Å². The van der Waals surface area contributed by atoms with Gasteiger partial charge in [0.15, 0.2) is 5.60 Å². The Labute approximate surface area is 212 Å². The SMILES string of the molecule is CC[C@@]1(OC)C(=O)OCc2c1cc1n(c2=O)Cc2c-1cc1cc(F)c(C)c3c1c2[C@@H](NC(=O)CO)CC3. The number of halogens is 1. The lowest BCUT2D eigenvalue weighted by molar-refractivity contribution is -0.176. The summed E-state index contributed by atoms with van der Waals surface area (Å²) < 4.78 is 27.6. The average molecular weight is 507 g/mol. The predicted molar refractivity (Wildman–Crippen MR) is 133 cm³/mol.